The molecule has 0 bridgehead atoms. The van der Waals surface area contributed by atoms with Gasteiger partial charge in [-0.05, 0) is 89.7 Å². The highest BCUT2D eigenvalue weighted by Gasteiger charge is 2.12. The second kappa shape index (κ2) is 14.9. The molecule has 1 aromatic heterocycles. The molecule has 0 unspecified atom stereocenters. The number of aromatic nitrogens is 1. The molecule has 0 N–H and O–H groups in total. The van der Waals surface area contributed by atoms with E-state index in [0.29, 0.717) is 0 Å². The second-order valence-electron chi connectivity index (χ2n) is 12.8. The van der Waals surface area contributed by atoms with E-state index in [1.807, 2.05) is 6.07 Å². The predicted molar refractivity (Wildman–Crippen MR) is 216 cm³/mol. The first-order valence-corrected chi connectivity index (χ1v) is 17.3. The number of hydrogen-bond donors (Lipinski definition) is 0. The van der Waals surface area contributed by atoms with Gasteiger partial charge >= 0.3 is 0 Å². The van der Waals surface area contributed by atoms with E-state index in [4.69, 9.17) is 0 Å². The molecule has 50 heavy (non-hydrogen) atoms. The van der Waals surface area contributed by atoms with Gasteiger partial charge < -0.3 is 4.57 Å². The van der Waals surface area contributed by atoms with E-state index in [0.717, 1.165) is 0 Å². The molecule has 0 amide bonds. The van der Waals surface area contributed by atoms with E-state index < -0.39 is 0 Å². The van der Waals surface area contributed by atoms with Crippen LogP contribution >= 0.6 is 0 Å². The van der Waals surface area contributed by atoms with Crippen LogP contribution in [-0.4, -0.2) is 4.57 Å². The van der Waals surface area contributed by atoms with Crippen molar-refractivity contribution in [2.75, 3.05) is 0 Å². The molecule has 242 valence electrons. The van der Waals surface area contributed by atoms with Gasteiger partial charge in [-0.2, -0.15) is 0 Å². The zero-order chi connectivity index (χ0) is 34.3. The third-order valence-corrected chi connectivity index (χ3v) is 9.24. The van der Waals surface area contributed by atoms with E-state index in [1.54, 1.807) is 0 Å². The van der Waals surface area contributed by atoms with Gasteiger partial charge in [0.25, 0.3) is 0 Å². The van der Waals surface area contributed by atoms with Crippen molar-refractivity contribution in [3.8, 4) is 27.9 Å². The van der Waals surface area contributed by atoms with Crippen molar-refractivity contribution in [1.29, 1.82) is 0 Å². The number of benzene rings is 8. The smallest absolute Gasteiger partial charge is 0.0541 e. The van der Waals surface area contributed by atoms with Gasteiger partial charge in [-0.3, -0.25) is 0 Å². The van der Waals surface area contributed by atoms with E-state index >= 15 is 0 Å². The van der Waals surface area contributed by atoms with Crippen molar-refractivity contribution in [2.24, 2.45) is 0 Å². The summed E-state index contributed by atoms with van der Waals surface area (Å²) >= 11 is 0. The van der Waals surface area contributed by atoms with Gasteiger partial charge in [0.2, 0.25) is 0 Å². The highest BCUT2D eigenvalue weighted by Crippen LogP contribution is 2.34. The average molecular weight is 644 g/mol. The third-order valence-electron chi connectivity index (χ3n) is 9.24. The molecule has 8 aromatic carbocycles. The van der Waals surface area contributed by atoms with Gasteiger partial charge in [0.05, 0.1) is 11.0 Å². The summed E-state index contributed by atoms with van der Waals surface area (Å²) in [6.45, 7) is 6.37. The number of nitrogens with zero attached hydrogens (tertiary/aromatic N) is 1. The maximum absolute atomic E-state index is 2.35. The molecule has 0 aliphatic heterocycles. The van der Waals surface area contributed by atoms with Crippen molar-refractivity contribution in [1.82, 2.24) is 4.57 Å². The van der Waals surface area contributed by atoms with Gasteiger partial charge in [0, 0.05) is 16.5 Å². The number of rotatable bonds is 3. The Bertz CT molecular complexity index is 2460. The maximum Gasteiger partial charge on any atom is 0.0541 e. The van der Waals surface area contributed by atoms with Crippen LogP contribution in [0.1, 0.15) is 16.7 Å². The summed E-state index contributed by atoms with van der Waals surface area (Å²) in [4.78, 5) is 0. The Morgan fingerprint density at radius 1 is 0.320 bits per heavy atom. The highest BCUT2D eigenvalue weighted by atomic mass is 15.0. The lowest BCUT2D eigenvalue weighted by Crippen LogP contribution is -1.92. The molecule has 9 aromatic rings. The zero-order valence-corrected chi connectivity index (χ0v) is 28.9. The summed E-state index contributed by atoms with van der Waals surface area (Å²) in [5, 5.41) is 5.27. The zero-order valence-electron chi connectivity index (χ0n) is 28.9. The summed E-state index contributed by atoms with van der Waals surface area (Å²) in [6.07, 6.45) is 0. The number of hydrogen-bond acceptors (Lipinski definition) is 0. The van der Waals surface area contributed by atoms with Gasteiger partial charge in [-0.15, -0.1) is 0 Å². The largest absolute Gasteiger partial charge is 0.309 e. The van der Waals surface area contributed by atoms with Crippen molar-refractivity contribution < 1.29 is 0 Å². The summed E-state index contributed by atoms with van der Waals surface area (Å²) < 4.78 is 2.35. The first-order chi connectivity index (χ1) is 24.5. The predicted octanol–water partition coefficient (Wildman–Crippen LogP) is 13.6. The van der Waals surface area contributed by atoms with Crippen LogP contribution in [-0.2, 0) is 0 Å². The SMILES string of the molecule is Cc1ccc(-c2ccc3c(c2)c2ccccc2n3-c2ccccc2)cc1.Cc1ccc(-c2ccccc2)cc1.Cc1cccc2ccccc12. The Hall–Kier alpha value is -6.18. The molecule has 0 aliphatic carbocycles. The van der Waals surface area contributed by atoms with Gasteiger partial charge in [-0.1, -0.05) is 175 Å². The fourth-order valence-electron chi connectivity index (χ4n) is 6.52. The second-order valence-corrected chi connectivity index (χ2v) is 12.8. The molecule has 9 rings (SSSR count). The van der Waals surface area contributed by atoms with Crippen LogP contribution in [0.15, 0.2) is 194 Å². The molecule has 0 fully saturated rings. The van der Waals surface area contributed by atoms with Crippen LogP contribution in [0.2, 0.25) is 0 Å². The quantitative estimate of drug-likeness (QED) is 0.181. The summed E-state index contributed by atoms with van der Waals surface area (Å²) in [6, 6.07) is 68.6. The lowest BCUT2D eigenvalue weighted by molar-refractivity contribution is 1.18. The minimum absolute atomic E-state index is 1.20. The molecule has 1 nitrogen and oxygen atoms in total. The summed E-state index contributed by atoms with van der Waals surface area (Å²) in [5.74, 6) is 0. The Balaban J connectivity index is 0.000000136. The van der Waals surface area contributed by atoms with Gasteiger partial charge in [0.1, 0.15) is 0 Å². The fourth-order valence-corrected chi connectivity index (χ4v) is 6.52. The molecule has 0 saturated carbocycles. The van der Waals surface area contributed by atoms with Crippen LogP contribution < -0.4 is 0 Å². The molecule has 1 heterocycles. The first kappa shape index (κ1) is 32.4. The highest BCUT2D eigenvalue weighted by molar-refractivity contribution is 6.10. The Labute approximate surface area is 295 Å². The fraction of sp³-hybridized carbons (Fsp3) is 0.0612. The number of aryl methyl sites for hydroxylation is 3. The minimum atomic E-state index is 1.20. The maximum atomic E-state index is 2.35. The van der Waals surface area contributed by atoms with Crippen LogP contribution in [0.25, 0.3) is 60.5 Å². The Kier molecular flexibility index (Phi) is 9.67. The number of para-hydroxylation sites is 2. The lowest BCUT2D eigenvalue weighted by atomic mass is 10.0. The van der Waals surface area contributed by atoms with Crippen molar-refractivity contribution in [2.45, 2.75) is 20.8 Å². The van der Waals surface area contributed by atoms with Crippen LogP contribution in [0, 0.1) is 20.8 Å². The van der Waals surface area contributed by atoms with E-state index in [-0.39, 0.29) is 0 Å². The van der Waals surface area contributed by atoms with Gasteiger partial charge in [-0.25, -0.2) is 0 Å². The lowest BCUT2D eigenvalue weighted by Gasteiger charge is -2.08. The van der Waals surface area contributed by atoms with Crippen LogP contribution in [0.5, 0.6) is 0 Å². The van der Waals surface area contributed by atoms with Crippen LogP contribution in [0.3, 0.4) is 0 Å². The Morgan fingerprint density at radius 3 is 1.46 bits per heavy atom. The number of fused-ring (bicyclic) bond motifs is 4. The van der Waals surface area contributed by atoms with Crippen LogP contribution in [0.4, 0.5) is 0 Å². The summed E-state index contributed by atoms with van der Waals surface area (Å²) in [5.41, 5.74) is 12.7. The standard InChI is InChI=1S/C25H19N.C13H12.C11H10/c1-18-11-13-19(14-12-18)20-15-16-25-23(17-20)22-9-5-6-10-24(22)26(25)21-7-3-2-4-8-21;1-11-7-9-13(10-8-11)12-5-3-2-4-6-12;1-9-5-4-7-10-6-2-3-8-11(9)10/h2-17H,1H3;2-10H,1H3;2-8H,1H3. The molecule has 0 spiro atoms. The molecule has 0 radical (unpaired) electrons. The topological polar surface area (TPSA) is 4.93 Å². The third kappa shape index (κ3) is 7.14. The average Bonchev–Trinajstić information content (AvgIpc) is 3.51. The van der Waals surface area contributed by atoms with Crippen molar-refractivity contribution >= 4 is 32.6 Å². The molecular weight excluding hydrogens is 603 g/mol. The van der Waals surface area contributed by atoms with Crippen molar-refractivity contribution in [3.05, 3.63) is 211 Å². The monoisotopic (exact) mass is 643 g/mol. The molecular formula is C49H41N. The van der Waals surface area contributed by atoms with Crippen molar-refractivity contribution in [3.63, 3.8) is 0 Å². The molecule has 0 atom stereocenters. The molecule has 1 heteroatoms. The Morgan fingerprint density at radius 2 is 0.800 bits per heavy atom. The van der Waals surface area contributed by atoms with E-state index in [1.165, 1.54) is 77.2 Å². The van der Waals surface area contributed by atoms with Gasteiger partial charge in [0.15, 0.2) is 0 Å². The summed E-state index contributed by atoms with van der Waals surface area (Å²) in [7, 11) is 0. The van der Waals surface area contributed by atoms with E-state index in [9.17, 15) is 0 Å². The van der Waals surface area contributed by atoms with E-state index in [2.05, 4.69) is 213 Å². The normalized spacial score (nSPS) is 10.7. The molecule has 0 saturated heterocycles. The minimum Gasteiger partial charge on any atom is -0.309 e. The first-order valence-electron chi connectivity index (χ1n) is 17.3. The molecule has 0 aliphatic rings.